The van der Waals surface area contributed by atoms with Crippen LogP contribution < -0.4 is 5.32 Å². The monoisotopic (exact) mass is 562 g/mol. The van der Waals surface area contributed by atoms with Crippen molar-refractivity contribution in [3.63, 3.8) is 0 Å². The first-order chi connectivity index (χ1) is 20.0. The molecule has 2 N–H and O–H groups in total. The molecule has 2 amide bonds. The van der Waals surface area contributed by atoms with Crippen LogP contribution in [0.5, 0.6) is 0 Å². The van der Waals surface area contributed by atoms with E-state index in [2.05, 4.69) is 5.32 Å². The minimum atomic E-state index is -0.577. The first kappa shape index (κ1) is 30.5. The number of nitrogens with one attached hydrogen (secondary N) is 1. The number of carbonyl (C=O) groups excluding carboxylic acids is 3. The van der Waals surface area contributed by atoms with Gasteiger partial charge in [0.05, 0.1) is 43.7 Å². The third-order valence-corrected chi connectivity index (χ3v) is 7.83. The quantitative estimate of drug-likeness (QED) is 0.356. The Bertz CT molecular complexity index is 1140. The van der Waals surface area contributed by atoms with E-state index in [1.165, 1.54) is 0 Å². The number of hydrogen-bond acceptors (Lipinski definition) is 6. The normalized spacial score (nSPS) is 24.1. The minimum absolute atomic E-state index is 0.0164. The molecule has 2 heterocycles. The Morgan fingerprint density at radius 3 is 2.44 bits per heavy atom. The highest BCUT2D eigenvalue weighted by atomic mass is 16.5. The van der Waals surface area contributed by atoms with Gasteiger partial charge < -0.3 is 24.8 Å². The summed E-state index contributed by atoms with van der Waals surface area (Å²) < 4.78 is 11.7. The molecule has 2 aromatic carbocycles. The number of allylic oxidation sites excluding steroid dienone is 2. The second-order valence-corrected chi connectivity index (χ2v) is 11.0. The summed E-state index contributed by atoms with van der Waals surface area (Å²) in [5, 5.41) is 12.7. The van der Waals surface area contributed by atoms with Gasteiger partial charge in [-0.1, -0.05) is 72.8 Å². The van der Waals surface area contributed by atoms with Gasteiger partial charge in [0.25, 0.3) is 0 Å². The molecular formula is C33H42N2O6. The maximum atomic E-state index is 13.5. The molecule has 0 radical (unpaired) electrons. The van der Waals surface area contributed by atoms with E-state index in [9.17, 15) is 19.5 Å². The fourth-order valence-electron chi connectivity index (χ4n) is 5.49. The summed E-state index contributed by atoms with van der Waals surface area (Å²) in [7, 11) is 0. The Labute approximate surface area is 242 Å². The maximum Gasteiger partial charge on any atom is 0.309 e. The van der Waals surface area contributed by atoms with Gasteiger partial charge in [-0.25, -0.2) is 0 Å². The Kier molecular flexibility index (Phi) is 11.9. The van der Waals surface area contributed by atoms with Crippen LogP contribution in [0.1, 0.15) is 49.7 Å². The molecule has 1 saturated heterocycles. The smallest absolute Gasteiger partial charge is 0.309 e. The number of amides is 2. The van der Waals surface area contributed by atoms with Crippen LogP contribution in [-0.4, -0.2) is 66.2 Å². The van der Waals surface area contributed by atoms with Crippen molar-refractivity contribution >= 4 is 17.8 Å². The van der Waals surface area contributed by atoms with E-state index in [1.807, 2.05) is 72.8 Å². The number of aliphatic hydroxyl groups is 1. The number of aliphatic hydroxyl groups excluding tert-OH is 1. The van der Waals surface area contributed by atoms with Crippen LogP contribution in [0.15, 0.2) is 72.8 Å². The zero-order chi connectivity index (χ0) is 28.9. The molecule has 4 atom stereocenters. The van der Waals surface area contributed by atoms with Crippen molar-refractivity contribution in [1.82, 2.24) is 10.2 Å². The Morgan fingerprint density at radius 2 is 1.71 bits per heavy atom. The predicted octanol–water partition coefficient (Wildman–Crippen LogP) is 3.82. The second-order valence-electron chi connectivity index (χ2n) is 11.0. The molecule has 41 heavy (non-hydrogen) atoms. The molecule has 4 unspecified atom stereocenters. The van der Waals surface area contributed by atoms with E-state index in [4.69, 9.17) is 9.47 Å². The molecule has 2 aliphatic heterocycles. The average molecular weight is 563 g/mol. The Hall–Kier alpha value is -3.49. The highest BCUT2D eigenvalue weighted by Gasteiger charge is 2.32. The van der Waals surface area contributed by atoms with Crippen molar-refractivity contribution in [2.45, 2.75) is 63.6 Å². The van der Waals surface area contributed by atoms with Crippen LogP contribution >= 0.6 is 0 Å². The van der Waals surface area contributed by atoms with Crippen molar-refractivity contribution in [3.05, 3.63) is 83.9 Å². The van der Waals surface area contributed by atoms with Crippen LogP contribution in [0, 0.1) is 11.8 Å². The molecule has 2 aliphatic rings. The first-order valence-corrected chi connectivity index (χ1v) is 14.7. The summed E-state index contributed by atoms with van der Waals surface area (Å²) in [6.07, 6.45) is 7.88. The Morgan fingerprint density at radius 1 is 0.976 bits per heavy atom. The molecule has 1 fully saturated rings. The molecule has 0 saturated carbocycles. The van der Waals surface area contributed by atoms with Crippen LogP contribution in [0.3, 0.4) is 0 Å². The van der Waals surface area contributed by atoms with Gasteiger partial charge in [0, 0.05) is 13.0 Å². The van der Waals surface area contributed by atoms with Gasteiger partial charge in [-0.3, -0.25) is 14.4 Å². The van der Waals surface area contributed by atoms with E-state index < -0.39 is 12.0 Å². The van der Waals surface area contributed by atoms with Gasteiger partial charge in [-0.15, -0.1) is 0 Å². The lowest BCUT2D eigenvalue weighted by Crippen LogP contribution is -2.46. The molecule has 0 aromatic heterocycles. The van der Waals surface area contributed by atoms with Crippen LogP contribution in [-0.2, 0) is 36.9 Å². The lowest BCUT2D eigenvalue weighted by atomic mass is 9.94. The number of carbonyl (C=O) groups is 3. The van der Waals surface area contributed by atoms with Crippen LogP contribution in [0.2, 0.25) is 0 Å². The van der Waals surface area contributed by atoms with Gasteiger partial charge in [0.1, 0.15) is 6.61 Å². The summed E-state index contributed by atoms with van der Waals surface area (Å²) in [6, 6.07) is 18.9. The zero-order valence-electron chi connectivity index (χ0n) is 23.7. The zero-order valence-corrected chi connectivity index (χ0v) is 23.7. The molecule has 0 bridgehead atoms. The number of rotatable bonds is 9. The van der Waals surface area contributed by atoms with E-state index in [-0.39, 0.29) is 56.0 Å². The topological polar surface area (TPSA) is 105 Å². The lowest BCUT2D eigenvalue weighted by Gasteiger charge is -2.26. The van der Waals surface area contributed by atoms with Gasteiger partial charge >= 0.3 is 5.97 Å². The van der Waals surface area contributed by atoms with Crippen molar-refractivity contribution in [2.75, 3.05) is 26.4 Å². The standard InChI is InChI=1S/C33H42N2O6/c36-21-30-17-10-18-35(30)31(37)20-27-15-8-3-9-16-28(19-25-11-4-1-5-12-25)33(39)41-24-29(34-32(27)38)23-40-22-26-13-6-2-7-14-26/h1-8,11-14,27-30,36H,9-10,15-24H2,(H,34,38). The molecule has 8 nitrogen and oxygen atoms in total. The van der Waals surface area contributed by atoms with E-state index in [0.717, 1.165) is 24.0 Å². The third kappa shape index (κ3) is 9.54. The minimum Gasteiger partial charge on any atom is -0.463 e. The van der Waals surface area contributed by atoms with Crippen LogP contribution in [0.25, 0.3) is 0 Å². The van der Waals surface area contributed by atoms with Gasteiger partial charge in [0.15, 0.2) is 0 Å². The fraction of sp³-hybridized carbons (Fsp3) is 0.485. The summed E-state index contributed by atoms with van der Waals surface area (Å²) in [5.41, 5.74) is 2.07. The van der Waals surface area contributed by atoms with E-state index >= 15 is 0 Å². The van der Waals surface area contributed by atoms with Crippen molar-refractivity contribution in [2.24, 2.45) is 11.8 Å². The fourth-order valence-corrected chi connectivity index (χ4v) is 5.49. The molecule has 0 aliphatic carbocycles. The molecule has 0 spiro atoms. The predicted molar refractivity (Wildman–Crippen MR) is 156 cm³/mol. The summed E-state index contributed by atoms with van der Waals surface area (Å²) in [4.78, 5) is 41.5. The molecule has 2 aromatic rings. The molecule has 4 rings (SSSR count). The number of likely N-dealkylation sites (tertiary alicyclic amines) is 1. The van der Waals surface area contributed by atoms with Crippen molar-refractivity contribution in [1.29, 1.82) is 0 Å². The third-order valence-electron chi connectivity index (χ3n) is 7.83. The summed E-state index contributed by atoms with van der Waals surface area (Å²) in [5.74, 6) is -1.57. The largest absolute Gasteiger partial charge is 0.463 e. The number of ether oxygens (including phenoxy) is 2. The number of esters is 1. The highest BCUT2D eigenvalue weighted by molar-refractivity contribution is 5.86. The van der Waals surface area contributed by atoms with Gasteiger partial charge in [-0.05, 0) is 49.7 Å². The average Bonchev–Trinajstić information content (AvgIpc) is 3.48. The van der Waals surface area contributed by atoms with Gasteiger partial charge in [-0.2, -0.15) is 0 Å². The van der Waals surface area contributed by atoms with Crippen LogP contribution in [0.4, 0.5) is 0 Å². The molecule has 8 heteroatoms. The van der Waals surface area contributed by atoms with E-state index in [1.54, 1.807) is 4.90 Å². The molecular weight excluding hydrogens is 520 g/mol. The van der Waals surface area contributed by atoms with Gasteiger partial charge in [0.2, 0.25) is 11.8 Å². The lowest BCUT2D eigenvalue weighted by molar-refractivity contribution is -0.150. The van der Waals surface area contributed by atoms with Crippen molar-refractivity contribution < 1.29 is 29.0 Å². The van der Waals surface area contributed by atoms with E-state index in [0.29, 0.717) is 38.8 Å². The summed E-state index contributed by atoms with van der Waals surface area (Å²) in [6.45, 7) is 1.03. The maximum absolute atomic E-state index is 13.5. The SMILES string of the molecule is O=C1NC(COCc2ccccc2)COC(=O)C(Cc2ccccc2)CCC=CCC1CC(=O)N1CCCC1CO. The number of hydrogen-bond donors (Lipinski definition) is 2. The number of benzene rings is 2. The first-order valence-electron chi connectivity index (χ1n) is 14.7. The number of cyclic esters (lactones) is 1. The summed E-state index contributed by atoms with van der Waals surface area (Å²) >= 11 is 0. The molecule has 220 valence electrons. The number of nitrogens with zero attached hydrogens (tertiary/aromatic N) is 1. The highest BCUT2D eigenvalue weighted by Crippen LogP contribution is 2.22. The van der Waals surface area contributed by atoms with Crippen molar-refractivity contribution in [3.8, 4) is 0 Å². The Balaban J connectivity index is 1.46. The second kappa shape index (κ2) is 16.1.